The molecule has 30 heavy (non-hydrogen) atoms. The average molecular weight is 409 g/mol. The maximum atomic E-state index is 12.6. The van der Waals surface area contributed by atoms with E-state index in [-0.39, 0.29) is 5.56 Å². The van der Waals surface area contributed by atoms with Crippen molar-refractivity contribution in [2.45, 2.75) is 32.0 Å². The Balaban J connectivity index is 1.57. The number of nitrogens with zero attached hydrogens (tertiary/aromatic N) is 3. The van der Waals surface area contributed by atoms with Gasteiger partial charge in [-0.25, -0.2) is 0 Å². The number of benzene rings is 2. The summed E-state index contributed by atoms with van der Waals surface area (Å²) in [5.74, 6) is 0. The SMILES string of the molecule is C=C(c1cnccn1)N1CCCc2ccc(-c3ccc(CC(F)(F)F)cc3)cc2C1. The molecule has 0 amide bonds. The van der Waals surface area contributed by atoms with Crippen LogP contribution in [-0.4, -0.2) is 27.6 Å². The fourth-order valence-corrected chi connectivity index (χ4v) is 3.83. The van der Waals surface area contributed by atoms with Crippen molar-refractivity contribution >= 4 is 5.70 Å². The van der Waals surface area contributed by atoms with Gasteiger partial charge in [0.1, 0.15) is 5.69 Å². The molecule has 4 rings (SSSR count). The molecule has 1 aliphatic heterocycles. The van der Waals surface area contributed by atoms with Crippen LogP contribution in [0.15, 0.2) is 67.6 Å². The summed E-state index contributed by atoms with van der Waals surface area (Å²) in [6, 6.07) is 12.9. The molecule has 3 nitrogen and oxygen atoms in total. The summed E-state index contributed by atoms with van der Waals surface area (Å²) in [7, 11) is 0. The summed E-state index contributed by atoms with van der Waals surface area (Å²) in [5, 5.41) is 0. The van der Waals surface area contributed by atoms with E-state index in [0.717, 1.165) is 41.9 Å². The second-order valence-electron chi connectivity index (χ2n) is 7.53. The number of aromatic nitrogens is 2. The predicted octanol–water partition coefficient (Wildman–Crippen LogP) is 5.67. The van der Waals surface area contributed by atoms with Gasteiger partial charge in [0.15, 0.2) is 0 Å². The molecule has 3 aromatic rings. The molecule has 0 atom stereocenters. The zero-order valence-corrected chi connectivity index (χ0v) is 16.5. The Kier molecular flexibility index (Phi) is 5.57. The summed E-state index contributed by atoms with van der Waals surface area (Å²) < 4.78 is 37.8. The van der Waals surface area contributed by atoms with E-state index in [2.05, 4.69) is 33.6 Å². The second kappa shape index (κ2) is 8.30. The van der Waals surface area contributed by atoms with Crippen molar-refractivity contribution in [3.8, 4) is 11.1 Å². The topological polar surface area (TPSA) is 29.0 Å². The van der Waals surface area contributed by atoms with E-state index in [9.17, 15) is 13.2 Å². The molecule has 6 heteroatoms. The van der Waals surface area contributed by atoms with Gasteiger partial charge in [0.25, 0.3) is 0 Å². The highest BCUT2D eigenvalue weighted by Gasteiger charge is 2.27. The summed E-state index contributed by atoms with van der Waals surface area (Å²) >= 11 is 0. The highest BCUT2D eigenvalue weighted by atomic mass is 19.4. The Labute approximate surface area is 173 Å². The van der Waals surface area contributed by atoms with Crippen LogP contribution in [0, 0.1) is 0 Å². The van der Waals surface area contributed by atoms with Gasteiger partial charge >= 0.3 is 6.18 Å². The third kappa shape index (κ3) is 4.70. The van der Waals surface area contributed by atoms with Crippen LogP contribution < -0.4 is 0 Å². The number of aryl methyl sites for hydroxylation is 1. The van der Waals surface area contributed by atoms with Crippen molar-refractivity contribution in [1.82, 2.24) is 14.9 Å². The van der Waals surface area contributed by atoms with Crippen molar-refractivity contribution in [3.63, 3.8) is 0 Å². The number of fused-ring (bicyclic) bond motifs is 1. The number of halogens is 3. The van der Waals surface area contributed by atoms with Crippen LogP contribution in [0.3, 0.4) is 0 Å². The van der Waals surface area contributed by atoms with E-state index in [1.807, 2.05) is 6.07 Å². The van der Waals surface area contributed by atoms with E-state index in [1.54, 1.807) is 42.9 Å². The molecule has 1 aliphatic rings. The zero-order valence-electron chi connectivity index (χ0n) is 16.5. The quantitative estimate of drug-likeness (QED) is 0.556. The lowest BCUT2D eigenvalue weighted by Crippen LogP contribution is -2.21. The first-order valence-electron chi connectivity index (χ1n) is 9.87. The minimum atomic E-state index is -4.19. The highest BCUT2D eigenvalue weighted by molar-refractivity contribution is 5.66. The van der Waals surface area contributed by atoms with E-state index in [1.165, 1.54) is 11.1 Å². The number of alkyl halides is 3. The Morgan fingerprint density at radius 2 is 1.77 bits per heavy atom. The lowest BCUT2D eigenvalue weighted by molar-refractivity contribution is -0.127. The maximum Gasteiger partial charge on any atom is 0.393 e. The van der Waals surface area contributed by atoms with E-state index >= 15 is 0 Å². The monoisotopic (exact) mass is 409 g/mol. The highest BCUT2D eigenvalue weighted by Crippen LogP contribution is 2.30. The van der Waals surface area contributed by atoms with Gasteiger partial charge in [-0.1, -0.05) is 43.0 Å². The number of hydrogen-bond donors (Lipinski definition) is 0. The van der Waals surface area contributed by atoms with Gasteiger partial charge in [-0.3, -0.25) is 9.97 Å². The number of rotatable bonds is 4. The third-order valence-electron chi connectivity index (χ3n) is 5.37. The molecular formula is C24H22F3N3. The zero-order chi connectivity index (χ0) is 21.1. The molecule has 0 saturated carbocycles. The largest absolute Gasteiger partial charge is 0.393 e. The van der Waals surface area contributed by atoms with Gasteiger partial charge in [-0.05, 0) is 46.7 Å². The fourth-order valence-electron chi connectivity index (χ4n) is 3.83. The molecule has 0 unspecified atom stereocenters. The third-order valence-corrected chi connectivity index (χ3v) is 5.37. The van der Waals surface area contributed by atoms with E-state index in [0.29, 0.717) is 6.54 Å². The maximum absolute atomic E-state index is 12.6. The molecule has 2 aromatic carbocycles. The van der Waals surface area contributed by atoms with Crippen molar-refractivity contribution in [1.29, 1.82) is 0 Å². The van der Waals surface area contributed by atoms with Gasteiger partial charge in [0, 0.05) is 25.5 Å². The van der Waals surface area contributed by atoms with Gasteiger partial charge in [-0.15, -0.1) is 0 Å². The molecule has 0 N–H and O–H groups in total. The minimum Gasteiger partial charge on any atom is -0.366 e. The molecule has 0 fully saturated rings. The molecule has 2 heterocycles. The average Bonchev–Trinajstić information content (AvgIpc) is 2.95. The standard InChI is InChI=1S/C24H22F3N3/c1-17(23-15-28-10-11-29-23)30-12-2-3-19-8-9-21(13-22(19)16-30)20-6-4-18(5-7-20)14-24(25,26)27/h4-11,13,15H,1-3,12,14,16H2. The van der Waals surface area contributed by atoms with Crippen LogP contribution in [-0.2, 0) is 19.4 Å². The summed E-state index contributed by atoms with van der Waals surface area (Å²) in [4.78, 5) is 10.7. The smallest absolute Gasteiger partial charge is 0.366 e. The second-order valence-corrected chi connectivity index (χ2v) is 7.53. The summed E-state index contributed by atoms with van der Waals surface area (Å²) in [6.07, 6.45) is 1.90. The number of hydrogen-bond acceptors (Lipinski definition) is 3. The van der Waals surface area contributed by atoms with Crippen LogP contribution in [0.25, 0.3) is 16.8 Å². The molecule has 1 aromatic heterocycles. The lowest BCUT2D eigenvalue weighted by atomic mass is 9.96. The van der Waals surface area contributed by atoms with Crippen LogP contribution in [0.1, 0.15) is 28.8 Å². The molecule has 0 bridgehead atoms. The predicted molar refractivity (Wildman–Crippen MR) is 111 cm³/mol. The van der Waals surface area contributed by atoms with Crippen LogP contribution in [0.2, 0.25) is 0 Å². The van der Waals surface area contributed by atoms with Crippen molar-refractivity contribution in [2.75, 3.05) is 6.54 Å². The van der Waals surface area contributed by atoms with Crippen molar-refractivity contribution in [3.05, 3.63) is 90.0 Å². The summed E-state index contributed by atoms with van der Waals surface area (Å²) in [5.41, 5.74) is 6.28. The minimum absolute atomic E-state index is 0.271. The van der Waals surface area contributed by atoms with Crippen LogP contribution in [0.5, 0.6) is 0 Å². The first-order valence-corrected chi connectivity index (χ1v) is 9.87. The molecule has 0 aliphatic carbocycles. The summed E-state index contributed by atoms with van der Waals surface area (Å²) in [6.45, 7) is 5.81. The van der Waals surface area contributed by atoms with Gasteiger partial charge < -0.3 is 4.90 Å². The Hall–Kier alpha value is -3.15. The van der Waals surface area contributed by atoms with Gasteiger partial charge in [-0.2, -0.15) is 13.2 Å². The molecule has 0 radical (unpaired) electrons. The van der Waals surface area contributed by atoms with Gasteiger partial charge in [0.05, 0.1) is 18.3 Å². The molecule has 154 valence electrons. The van der Waals surface area contributed by atoms with E-state index in [4.69, 9.17) is 0 Å². The van der Waals surface area contributed by atoms with E-state index < -0.39 is 12.6 Å². The molecule has 0 saturated heterocycles. The van der Waals surface area contributed by atoms with Gasteiger partial charge in [0.2, 0.25) is 0 Å². The molecular weight excluding hydrogens is 387 g/mol. The fraction of sp³-hybridized carbons (Fsp3) is 0.250. The van der Waals surface area contributed by atoms with Crippen molar-refractivity contribution in [2.24, 2.45) is 0 Å². The Morgan fingerprint density at radius 3 is 2.47 bits per heavy atom. The Bertz CT molecular complexity index is 1030. The first kappa shape index (κ1) is 20.1. The lowest BCUT2D eigenvalue weighted by Gasteiger charge is -2.25. The molecule has 0 spiro atoms. The normalized spacial score (nSPS) is 14.2. The van der Waals surface area contributed by atoms with Crippen LogP contribution in [0.4, 0.5) is 13.2 Å². The van der Waals surface area contributed by atoms with Crippen molar-refractivity contribution < 1.29 is 13.2 Å². The Morgan fingerprint density at radius 1 is 1.00 bits per heavy atom. The van der Waals surface area contributed by atoms with Crippen LogP contribution >= 0.6 is 0 Å². The first-order chi connectivity index (χ1) is 14.4.